The number of piperidine rings is 1. The zero-order valence-corrected chi connectivity index (χ0v) is 13.2. The zero-order valence-electron chi connectivity index (χ0n) is 12.4. The van der Waals surface area contributed by atoms with Crippen molar-refractivity contribution in [2.45, 2.75) is 57.4 Å². The minimum Gasteiger partial charge on any atom is -0.299 e. The highest BCUT2D eigenvalue weighted by Gasteiger charge is 2.21. The second-order valence-corrected chi connectivity index (χ2v) is 6.66. The van der Waals surface area contributed by atoms with E-state index in [4.69, 9.17) is 11.6 Å². The van der Waals surface area contributed by atoms with Gasteiger partial charge in [0.15, 0.2) is 0 Å². The Hall–Kier alpha value is -0.530. The van der Waals surface area contributed by atoms with Gasteiger partial charge in [-0.1, -0.05) is 44.5 Å². The van der Waals surface area contributed by atoms with Crippen LogP contribution in [0.1, 0.15) is 62.5 Å². The molecule has 0 aliphatic carbocycles. The van der Waals surface area contributed by atoms with Crippen molar-refractivity contribution in [3.63, 3.8) is 0 Å². The number of nitrogens with zero attached hydrogens (tertiary/aromatic N) is 1. The molecule has 2 atom stereocenters. The lowest BCUT2D eigenvalue weighted by Gasteiger charge is -2.34. The predicted molar refractivity (Wildman–Crippen MR) is 84.0 cm³/mol. The van der Waals surface area contributed by atoms with Crippen molar-refractivity contribution in [3.8, 4) is 0 Å². The molecule has 0 bridgehead atoms. The van der Waals surface area contributed by atoms with Gasteiger partial charge in [-0.3, -0.25) is 4.90 Å². The summed E-state index contributed by atoms with van der Waals surface area (Å²) < 4.78 is 0. The SMILES string of the molecule is CC(C)c1ccc(C(Cl)CN2CCCCC2C)cc1. The van der Waals surface area contributed by atoms with Crippen LogP contribution >= 0.6 is 11.6 Å². The minimum absolute atomic E-state index is 0.113. The third-order valence-corrected chi connectivity index (χ3v) is 4.69. The summed E-state index contributed by atoms with van der Waals surface area (Å²) in [5, 5.41) is 0.113. The Kier molecular flexibility index (Phi) is 5.29. The number of hydrogen-bond donors (Lipinski definition) is 0. The molecule has 106 valence electrons. The minimum atomic E-state index is 0.113. The molecule has 1 aromatic carbocycles. The average Bonchev–Trinajstić information content (AvgIpc) is 2.41. The van der Waals surface area contributed by atoms with E-state index < -0.39 is 0 Å². The first-order chi connectivity index (χ1) is 9.08. The Bertz CT molecular complexity index is 385. The van der Waals surface area contributed by atoms with E-state index in [0.29, 0.717) is 12.0 Å². The molecule has 1 nitrogen and oxygen atoms in total. The molecule has 0 amide bonds. The molecule has 19 heavy (non-hydrogen) atoms. The monoisotopic (exact) mass is 279 g/mol. The Morgan fingerprint density at radius 2 is 1.79 bits per heavy atom. The summed E-state index contributed by atoms with van der Waals surface area (Å²) in [5.74, 6) is 0.588. The van der Waals surface area contributed by atoms with Gasteiger partial charge in [-0.15, -0.1) is 11.6 Å². The van der Waals surface area contributed by atoms with Crippen LogP contribution in [-0.4, -0.2) is 24.0 Å². The molecule has 0 radical (unpaired) electrons. The van der Waals surface area contributed by atoms with Crippen molar-refractivity contribution in [3.05, 3.63) is 35.4 Å². The van der Waals surface area contributed by atoms with Crippen molar-refractivity contribution in [1.29, 1.82) is 0 Å². The molecular weight excluding hydrogens is 254 g/mol. The Morgan fingerprint density at radius 3 is 2.37 bits per heavy atom. The fourth-order valence-corrected chi connectivity index (χ4v) is 3.15. The van der Waals surface area contributed by atoms with E-state index in [2.05, 4.69) is 49.9 Å². The zero-order chi connectivity index (χ0) is 13.8. The average molecular weight is 280 g/mol. The molecule has 0 N–H and O–H groups in total. The number of halogens is 1. The number of rotatable bonds is 4. The highest BCUT2D eigenvalue weighted by atomic mass is 35.5. The topological polar surface area (TPSA) is 3.24 Å². The first-order valence-electron chi connectivity index (χ1n) is 7.56. The largest absolute Gasteiger partial charge is 0.299 e. The quantitative estimate of drug-likeness (QED) is 0.704. The second kappa shape index (κ2) is 6.76. The Labute approximate surface area is 123 Å². The molecule has 2 heteroatoms. The van der Waals surface area contributed by atoms with E-state index in [1.807, 2.05) is 0 Å². The van der Waals surface area contributed by atoms with Gasteiger partial charge in [0, 0.05) is 12.6 Å². The molecule has 0 aromatic heterocycles. The lowest BCUT2D eigenvalue weighted by molar-refractivity contribution is 0.161. The number of hydrogen-bond acceptors (Lipinski definition) is 1. The van der Waals surface area contributed by atoms with E-state index >= 15 is 0 Å². The third kappa shape index (κ3) is 3.97. The van der Waals surface area contributed by atoms with Crippen molar-refractivity contribution in [2.75, 3.05) is 13.1 Å². The third-order valence-electron chi connectivity index (χ3n) is 4.30. The molecule has 1 aromatic rings. The van der Waals surface area contributed by atoms with Crippen LogP contribution in [0, 0.1) is 0 Å². The molecule has 1 fully saturated rings. The summed E-state index contributed by atoms with van der Waals surface area (Å²) in [5.41, 5.74) is 2.64. The van der Waals surface area contributed by atoms with Gasteiger partial charge in [0.25, 0.3) is 0 Å². The standard InChI is InChI=1S/C17H26ClN/c1-13(2)15-7-9-16(10-8-15)17(18)12-19-11-5-4-6-14(19)3/h7-10,13-14,17H,4-6,11-12H2,1-3H3. The maximum absolute atomic E-state index is 6.60. The van der Waals surface area contributed by atoms with Crippen molar-refractivity contribution < 1.29 is 0 Å². The van der Waals surface area contributed by atoms with E-state index in [1.54, 1.807) is 0 Å². The van der Waals surface area contributed by atoms with Crippen LogP contribution in [0.2, 0.25) is 0 Å². The first kappa shape index (κ1) is 14.9. The van der Waals surface area contributed by atoms with Gasteiger partial charge in [0.05, 0.1) is 5.38 Å². The highest BCUT2D eigenvalue weighted by Crippen LogP contribution is 2.27. The maximum atomic E-state index is 6.60. The molecule has 2 rings (SSSR count). The van der Waals surface area contributed by atoms with Crippen LogP contribution < -0.4 is 0 Å². The highest BCUT2D eigenvalue weighted by molar-refractivity contribution is 6.21. The summed E-state index contributed by atoms with van der Waals surface area (Å²) in [6.07, 6.45) is 4.00. The van der Waals surface area contributed by atoms with E-state index in [-0.39, 0.29) is 5.38 Å². The van der Waals surface area contributed by atoms with Crippen LogP contribution in [0.25, 0.3) is 0 Å². The fourth-order valence-electron chi connectivity index (χ4n) is 2.83. The smallest absolute Gasteiger partial charge is 0.0712 e. The fraction of sp³-hybridized carbons (Fsp3) is 0.647. The Morgan fingerprint density at radius 1 is 1.16 bits per heavy atom. The lowest BCUT2D eigenvalue weighted by Crippen LogP contribution is -2.39. The number of benzene rings is 1. The van der Waals surface area contributed by atoms with Gasteiger partial charge >= 0.3 is 0 Å². The summed E-state index contributed by atoms with van der Waals surface area (Å²) in [6.45, 7) is 8.95. The van der Waals surface area contributed by atoms with Crippen molar-refractivity contribution >= 4 is 11.6 Å². The van der Waals surface area contributed by atoms with Gasteiger partial charge in [0.2, 0.25) is 0 Å². The summed E-state index contributed by atoms with van der Waals surface area (Å²) in [7, 11) is 0. The van der Waals surface area contributed by atoms with Crippen LogP contribution in [-0.2, 0) is 0 Å². The van der Waals surface area contributed by atoms with E-state index in [9.17, 15) is 0 Å². The van der Waals surface area contributed by atoms with Crippen LogP contribution in [0.5, 0.6) is 0 Å². The molecule has 1 saturated heterocycles. The van der Waals surface area contributed by atoms with Gasteiger partial charge in [-0.2, -0.15) is 0 Å². The maximum Gasteiger partial charge on any atom is 0.0712 e. The molecule has 1 aliphatic rings. The van der Waals surface area contributed by atoms with Gasteiger partial charge in [-0.05, 0) is 43.4 Å². The molecule has 1 aliphatic heterocycles. The summed E-state index contributed by atoms with van der Waals surface area (Å²) in [4.78, 5) is 2.54. The number of alkyl halides is 1. The van der Waals surface area contributed by atoms with Crippen molar-refractivity contribution in [1.82, 2.24) is 4.90 Å². The van der Waals surface area contributed by atoms with Crippen molar-refractivity contribution in [2.24, 2.45) is 0 Å². The molecule has 0 saturated carbocycles. The molecule has 1 heterocycles. The normalized spacial score (nSPS) is 22.7. The first-order valence-corrected chi connectivity index (χ1v) is 7.99. The van der Waals surface area contributed by atoms with Gasteiger partial charge in [-0.25, -0.2) is 0 Å². The lowest BCUT2D eigenvalue weighted by atomic mass is 9.99. The molecule has 0 spiro atoms. The van der Waals surface area contributed by atoms with E-state index in [1.165, 1.54) is 36.9 Å². The van der Waals surface area contributed by atoms with Crippen LogP contribution in [0.3, 0.4) is 0 Å². The summed E-state index contributed by atoms with van der Waals surface area (Å²) >= 11 is 6.60. The van der Waals surface area contributed by atoms with Gasteiger partial charge in [0.1, 0.15) is 0 Å². The predicted octanol–water partition coefficient (Wildman–Crippen LogP) is 4.96. The number of likely N-dealkylation sites (tertiary alicyclic amines) is 1. The summed E-state index contributed by atoms with van der Waals surface area (Å²) in [6, 6.07) is 9.51. The van der Waals surface area contributed by atoms with E-state index in [0.717, 1.165) is 6.54 Å². The Balaban J connectivity index is 1.97. The van der Waals surface area contributed by atoms with Crippen LogP contribution in [0.4, 0.5) is 0 Å². The van der Waals surface area contributed by atoms with Gasteiger partial charge < -0.3 is 0 Å². The second-order valence-electron chi connectivity index (χ2n) is 6.13. The molecular formula is C17H26ClN. The van der Waals surface area contributed by atoms with Crippen LogP contribution in [0.15, 0.2) is 24.3 Å². The molecule has 2 unspecified atom stereocenters.